The standard InChI is InChI=1S/C22H22ClN3O5S2/c1-14-7-8-16(13-21(14)25-32(3,28)29)22(27)24-17-9-11-18(12-10-17)33(30,31)26-20-6-4-5-19(23)15(20)2/h4-13,25-26H,1-3H3,(H,24,27). The molecule has 3 aromatic rings. The smallest absolute Gasteiger partial charge is 0.261 e. The minimum atomic E-state index is -3.86. The number of anilines is 3. The van der Waals surface area contributed by atoms with Gasteiger partial charge in [0.15, 0.2) is 0 Å². The second kappa shape index (κ2) is 9.42. The molecular formula is C22H22ClN3O5S2. The fraction of sp³-hybridized carbons (Fsp3) is 0.136. The molecule has 0 aliphatic carbocycles. The summed E-state index contributed by atoms with van der Waals surface area (Å²) in [6, 6.07) is 15.2. The molecule has 0 spiro atoms. The van der Waals surface area contributed by atoms with Gasteiger partial charge < -0.3 is 5.32 Å². The van der Waals surface area contributed by atoms with Gasteiger partial charge in [0.05, 0.1) is 22.5 Å². The van der Waals surface area contributed by atoms with Gasteiger partial charge in [-0.25, -0.2) is 16.8 Å². The number of sulfonamides is 2. The summed E-state index contributed by atoms with van der Waals surface area (Å²) in [6.07, 6.45) is 1.03. The van der Waals surface area contributed by atoms with Gasteiger partial charge in [-0.05, 0) is 73.5 Å². The Morgan fingerprint density at radius 3 is 2.15 bits per heavy atom. The second-order valence-electron chi connectivity index (χ2n) is 7.40. The molecule has 1 amide bonds. The Morgan fingerprint density at radius 2 is 1.52 bits per heavy atom. The molecule has 3 aromatic carbocycles. The van der Waals surface area contributed by atoms with Crippen LogP contribution in [0.25, 0.3) is 0 Å². The highest BCUT2D eigenvalue weighted by atomic mass is 35.5. The zero-order valence-corrected chi connectivity index (χ0v) is 20.4. The Kier molecular flexibility index (Phi) is 7.01. The Morgan fingerprint density at radius 1 is 0.848 bits per heavy atom. The van der Waals surface area contributed by atoms with E-state index in [1.807, 2.05) is 0 Å². The summed E-state index contributed by atoms with van der Waals surface area (Å²) >= 11 is 6.05. The molecule has 0 radical (unpaired) electrons. The molecule has 11 heteroatoms. The highest BCUT2D eigenvalue weighted by molar-refractivity contribution is 7.92. The van der Waals surface area contributed by atoms with Crippen LogP contribution in [0.2, 0.25) is 5.02 Å². The molecule has 0 atom stereocenters. The maximum absolute atomic E-state index is 12.7. The second-order valence-corrected chi connectivity index (χ2v) is 11.2. The van der Waals surface area contributed by atoms with E-state index in [0.29, 0.717) is 33.2 Å². The first-order chi connectivity index (χ1) is 15.4. The third kappa shape index (κ3) is 6.25. The SMILES string of the molecule is Cc1ccc(C(=O)Nc2ccc(S(=O)(=O)Nc3cccc(Cl)c3C)cc2)cc1NS(C)(=O)=O. The van der Waals surface area contributed by atoms with Crippen molar-refractivity contribution in [3.63, 3.8) is 0 Å². The Hall–Kier alpha value is -3.08. The van der Waals surface area contributed by atoms with Gasteiger partial charge in [-0.15, -0.1) is 0 Å². The highest BCUT2D eigenvalue weighted by Gasteiger charge is 2.17. The van der Waals surface area contributed by atoms with Crippen molar-refractivity contribution in [3.8, 4) is 0 Å². The summed E-state index contributed by atoms with van der Waals surface area (Å²) in [6.45, 7) is 3.42. The van der Waals surface area contributed by atoms with E-state index in [4.69, 9.17) is 11.6 Å². The van der Waals surface area contributed by atoms with Crippen molar-refractivity contribution < 1.29 is 21.6 Å². The lowest BCUT2D eigenvalue weighted by atomic mass is 10.1. The summed E-state index contributed by atoms with van der Waals surface area (Å²) < 4.78 is 53.3. The van der Waals surface area contributed by atoms with Crippen LogP contribution in [0.1, 0.15) is 21.5 Å². The van der Waals surface area contributed by atoms with E-state index >= 15 is 0 Å². The lowest BCUT2D eigenvalue weighted by Crippen LogP contribution is -2.15. The molecule has 174 valence electrons. The Bertz CT molecular complexity index is 1420. The fourth-order valence-corrected chi connectivity index (χ4v) is 4.83. The molecule has 0 saturated carbocycles. The van der Waals surface area contributed by atoms with Gasteiger partial charge in [-0.1, -0.05) is 23.7 Å². The predicted octanol–water partition coefficient (Wildman–Crippen LogP) is 4.38. The number of aryl methyl sites for hydroxylation is 1. The summed E-state index contributed by atoms with van der Waals surface area (Å²) in [5.74, 6) is -0.477. The maximum atomic E-state index is 12.7. The van der Waals surface area contributed by atoms with Crippen molar-refractivity contribution in [2.45, 2.75) is 18.7 Å². The van der Waals surface area contributed by atoms with Crippen LogP contribution in [0, 0.1) is 13.8 Å². The van der Waals surface area contributed by atoms with Gasteiger partial charge in [0.2, 0.25) is 10.0 Å². The average molecular weight is 508 g/mol. The fourth-order valence-electron chi connectivity index (χ4n) is 2.92. The van der Waals surface area contributed by atoms with Crippen molar-refractivity contribution in [2.75, 3.05) is 21.0 Å². The first-order valence-corrected chi connectivity index (χ1v) is 13.4. The van der Waals surface area contributed by atoms with Crippen LogP contribution in [0.4, 0.5) is 17.1 Å². The van der Waals surface area contributed by atoms with Crippen molar-refractivity contribution in [3.05, 3.63) is 82.4 Å². The third-order valence-electron chi connectivity index (χ3n) is 4.73. The van der Waals surface area contributed by atoms with Crippen LogP contribution >= 0.6 is 11.6 Å². The monoisotopic (exact) mass is 507 g/mol. The van der Waals surface area contributed by atoms with Gasteiger partial charge in [0.1, 0.15) is 0 Å². The topological polar surface area (TPSA) is 121 Å². The maximum Gasteiger partial charge on any atom is 0.261 e. The summed E-state index contributed by atoms with van der Waals surface area (Å²) in [5, 5.41) is 3.11. The van der Waals surface area contributed by atoms with Gasteiger partial charge in [-0.2, -0.15) is 0 Å². The third-order valence-corrected chi connectivity index (χ3v) is 7.11. The molecule has 0 aliphatic heterocycles. The van der Waals surface area contributed by atoms with E-state index in [2.05, 4.69) is 14.8 Å². The van der Waals surface area contributed by atoms with Crippen LogP contribution in [0.15, 0.2) is 65.6 Å². The lowest BCUT2D eigenvalue weighted by Gasteiger charge is -2.13. The molecule has 0 aliphatic rings. The van der Waals surface area contributed by atoms with Crippen LogP contribution in [-0.2, 0) is 20.0 Å². The normalized spacial score (nSPS) is 11.6. The average Bonchev–Trinajstić information content (AvgIpc) is 2.72. The Labute approximate surface area is 198 Å². The quantitative estimate of drug-likeness (QED) is 0.438. The van der Waals surface area contributed by atoms with E-state index in [1.165, 1.54) is 30.3 Å². The number of rotatable bonds is 7. The first-order valence-electron chi connectivity index (χ1n) is 9.63. The molecule has 0 fully saturated rings. The van der Waals surface area contributed by atoms with Crippen molar-refractivity contribution in [1.82, 2.24) is 0 Å². The number of hydrogen-bond acceptors (Lipinski definition) is 5. The van der Waals surface area contributed by atoms with E-state index in [-0.39, 0.29) is 10.5 Å². The number of halogens is 1. The summed E-state index contributed by atoms with van der Waals surface area (Å²) in [4.78, 5) is 12.6. The molecule has 0 heterocycles. The van der Waals surface area contributed by atoms with E-state index in [1.54, 1.807) is 44.2 Å². The van der Waals surface area contributed by atoms with Crippen molar-refractivity contribution in [1.29, 1.82) is 0 Å². The molecule has 0 unspecified atom stereocenters. The molecule has 8 nitrogen and oxygen atoms in total. The molecule has 33 heavy (non-hydrogen) atoms. The van der Waals surface area contributed by atoms with Crippen LogP contribution in [-0.4, -0.2) is 29.0 Å². The van der Waals surface area contributed by atoms with E-state index in [9.17, 15) is 21.6 Å². The molecule has 0 saturated heterocycles. The minimum Gasteiger partial charge on any atom is -0.322 e. The minimum absolute atomic E-state index is 0.00912. The molecule has 0 aromatic heterocycles. The zero-order chi connectivity index (χ0) is 24.4. The van der Waals surface area contributed by atoms with Gasteiger partial charge in [-0.3, -0.25) is 14.2 Å². The van der Waals surface area contributed by atoms with Crippen molar-refractivity contribution >= 4 is 54.6 Å². The van der Waals surface area contributed by atoms with Gasteiger partial charge in [0.25, 0.3) is 15.9 Å². The molecule has 3 N–H and O–H groups in total. The molecule has 3 rings (SSSR count). The van der Waals surface area contributed by atoms with Crippen LogP contribution in [0.3, 0.4) is 0 Å². The lowest BCUT2D eigenvalue weighted by molar-refractivity contribution is 0.102. The number of amides is 1. The predicted molar refractivity (Wildman–Crippen MR) is 131 cm³/mol. The van der Waals surface area contributed by atoms with Crippen LogP contribution < -0.4 is 14.8 Å². The van der Waals surface area contributed by atoms with Crippen LogP contribution in [0.5, 0.6) is 0 Å². The number of benzene rings is 3. The first kappa shape index (κ1) is 24.6. The zero-order valence-electron chi connectivity index (χ0n) is 18.0. The van der Waals surface area contributed by atoms with Gasteiger partial charge >= 0.3 is 0 Å². The number of carbonyl (C=O) groups excluding carboxylic acids is 1. The highest BCUT2D eigenvalue weighted by Crippen LogP contribution is 2.26. The molecular weight excluding hydrogens is 486 g/mol. The number of hydrogen-bond donors (Lipinski definition) is 3. The number of nitrogens with one attached hydrogen (secondary N) is 3. The largest absolute Gasteiger partial charge is 0.322 e. The summed E-state index contributed by atoms with van der Waals surface area (Å²) in [5.41, 5.74) is 2.55. The van der Waals surface area contributed by atoms with E-state index in [0.717, 1.165) is 6.26 Å². The molecule has 0 bridgehead atoms. The van der Waals surface area contributed by atoms with Gasteiger partial charge in [0, 0.05) is 16.3 Å². The number of carbonyl (C=O) groups is 1. The summed E-state index contributed by atoms with van der Waals surface area (Å²) in [7, 11) is -7.36. The Balaban J connectivity index is 1.76. The van der Waals surface area contributed by atoms with E-state index < -0.39 is 26.0 Å². The van der Waals surface area contributed by atoms with Crippen molar-refractivity contribution in [2.24, 2.45) is 0 Å².